The highest BCUT2D eigenvalue weighted by Crippen LogP contribution is 2.32. The summed E-state index contributed by atoms with van der Waals surface area (Å²) < 4.78 is 1.58. The smallest absolute Gasteiger partial charge is 0.137 e. The second-order valence-corrected chi connectivity index (χ2v) is 5.75. The van der Waals surface area contributed by atoms with Crippen molar-refractivity contribution >= 4 is 11.6 Å². The first-order valence-corrected chi connectivity index (χ1v) is 7.51. The van der Waals surface area contributed by atoms with Crippen LogP contribution in [-0.2, 0) is 18.8 Å². The van der Waals surface area contributed by atoms with Gasteiger partial charge in [-0.15, -0.1) is 0 Å². The molecule has 23 heavy (non-hydrogen) atoms. The zero-order valence-corrected chi connectivity index (χ0v) is 13.1. The lowest BCUT2D eigenvalue weighted by Crippen LogP contribution is -2.33. The number of nitrogens with zero attached hydrogens (tertiary/aromatic N) is 3. The molecule has 1 atom stereocenters. The molecule has 5 nitrogen and oxygen atoms in total. The molecule has 1 unspecified atom stereocenters. The quantitative estimate of drug-likeness (QED) is 0.754. The SMILES string of the molecule is OCc1ccc(C(O)(Cn2cncn2)c2ccc(Cl)cc2)cc1. The molecule has 0 radical (unpaired) electrons. The molecule has 0 aliphatic heterocycles. The van der Waals surface area contributed by atoms with Crippen molar-refractivity contribution < 1.29 is 10.2 Å². The molecule has 2 aromatic carbocycles. The molecule has 0 aliphatic carbocycles. The first-order valence-electron chi connectivity index (χ1n) is 7.13. The van der Waals surface area contributed by atoms with E-state index in [1.54, 1.807) is 59.5 Å². The van der Waals surface area contributed by atoms with Crippen LogP contribution in [0.5, 0.6) is 0 Å². The number of rotatable bonds is 5. The number of hydrogen-bond acceptors (Lipinski definition) is 4. The van der Waals surface area contributed by atoms with Crippen LogP contribution in [0.3, 0.4) is 0 Å². The Kier molecular flexibility index (Phi) is 4.43. The van der Waals surface area contributed by atoms with Crippen molar-refractivity contribution in [3.05, 3.63) is 82.9 Å². The molecule has 3 rings (SSSR count). The summed E-state index contributed by atoms with van der Waals surface area (Å²) in [6.45, 7) is 0.176. The van der Waals surface area contributed by atoms with Crippen molar-refractivity contribution in [1.82, 2.24) is 14.8 Å². The number of aliphatic hydroxyl groups is 2. The third-order valence-electron chi connectivity index (χ3n) is 3.79. The fourth-order valence-corrected chi connectivity index (χ4v) is 2.64. The molecule has 0 spiro atoms. The highest BCUT2D eigenvalue weighted by atomic mass is 35.5. The van der Waals surface area contributed by atoms with Crippen LogP contribution in [0.25, 0.3) is 0 Å². The Balaban J connectivity index is 2.06. The molecule has 1 aromatic heterocycles. The maximum atomic E-state index is 11.4. The maximum Gasteiger partial charge on any atom is 0.137 e. The Hall–Kier alpha value is -2.21. The van der Waals surface area contributed by atoms with Crippen LogP contribution >= 0.6 is 11.6 Å². The number of aliphatic hydroxyl groups excluding tert-OH is 1. The number of benzene rings is 2. The average molecular weight is 330 g/mol. The van der Waals surface area contributed by atoms with Gasteiger partial charge < -0.3 is 10.2 Å². The monoisotopic (exact) mass is 329 g/mol. The zero-order chi connectivity index (χ0) is 16.3. The van der Waals surface area contributed by atoms with Gasteiger partial charge in [-0.05, 0) is 28.8 Å². The first kappa shape index (κ1) is 15.7. The van der Waals surface area contributed by atoms with Crippen LogP contribution in [0.15, 0.2) is 61.2 Å². The fraction of sp³-hybridized carbons (Fsp3) is 0.176. The average Bonchev–Trinajstić information content (AvgIpc) is 3.08. The van der Waals surface area contributed by atoms with Gasteiger partial charge in [-0.2, -0.15) is 5.10 Å². The second kappa shape index (κ2) is 6.50. The van der Waals surface area contributed by atoms with E-state index < -0.39 is 5.60 Å². The number of halogens is 1. The normalized spacial score (nSPS) is 13.7. The molecule has 3 aromatic rings. The summed E-state index contributed by atoms with van der Waals surface area (Å²) in [7, 11) is 0. The van der Waals surface area contributed by atoms with E-state index >= 15 is 0 Å². The second-order valence-electron chi connectivity index (χ2n) is 5.32. The van der Waals surface area contributed by atoms with E-state index in [-0.39, 0.29) is 13.2 Å². The predicted octanol–water partition coefficient (Wildman–Crippen LogP) is 2.36. The molecule has 0 amide bonds. The molecule has 0 bridgehead atoms. The molecule has 118 valence electrons. The van der Waals surface area contributed by atoms with E-state index in [2.05, 4.69) is 10.1 Å². The minimum atomic E-state index is -1.29. The highest BCUT2D eigenvalue weighted by molar-refractivity contribution is 6.30. The van der Waals surface area contributed by atoms with Crippen molar-refractivity contribution in [2.24, 2.45) is 0 Å². The summed E-state index contributed by atoms with van der Waals surface area (Å²) in [6.07, 6.45) is 2.99. The van der Waals surface area contributed by atoms with E-state index in [0.717, 1.165) is 5.56 Å². The van der Waals surface area contributed by atoms with Gasteiger partial charge in [0.1, 0.15) is 18.3 Å². The lowest BCUT2D eigenvalue weighted by molar-refractivity contribution is 0.0572. The molecule has 0 saturated carbocycles. The van der Waals surface area contributed by atoms with Gasteiger partial charge in [0, 0.05) is 5.02 Å². The van der Waals surface area contributed by atoms with Crippen LogP contribution < -0.4 is 0 Å². The molecule has 2 N–H and O–H groups in total. The Morgan fingerprint density at radius 3 is 2.13 bits per heavy atom. The van der Waals surface area contributed by atoms with Crippen LogP contribution in [0.2, 0.25) is 5.02 Å². The summed E-state index contributed by atoms with van der Waals surface area (Å²) in [5, 5.41) is 25.3. The van der Waals surface area contributed by atoms with Crippen molar-refractivity contribution in [3.8, 4) is 0 Å². The summed E-state index contributed by atoms with van der Waals surface area (Å²) >= 11 is 5.95. The van der Waals surface area contributed by atoms with Crippen molar-refractivity contribution in [1.29, 1.82) is 0 Å². The van der Waals surface area contributed by atoms with Crippen molar-refractivity contribution in [2.45, 2.75) is 18.8 Å². The summed E-state index contributed by atoms with van der Waals surface area (Å²) in [6, 6.07) is 14.2. The van der Waals surface area contributed by atoms with Gasteiger partial charge in [0.05, 0.1) is 13.2 Å². The van der Waals surface area contributed by atoms with Gasteiger partial charge in [0.15, 0.2) is 0 Å². The Labute approximate surface area is 138 Å². The zero-order valence-electron chi connectivity index (χ0n) is 12.3. The third kappa shape index (κ3) is 3.27. The van der Waals surface area contributed by atoms with Crippen LogP contribution in [-0.4, -0.2) is 25.0 Å². The lowest BCUT2D eigenvalue weighted by atomic mass is 9.86. The summed E-state index contributed by atoms with van der Waals surface area (Å²) in [5.41, 5.74) is 0.904. The maximum absolute atomic E-state index is 11.4. The summed E-state index contributed by atoms with van der Waals surface area (Å²) in [4.78, 5) is 3.92. The minimum absolute atomic E-state index is 0.0390. The van der Waals surface area contributed by atoms with Gasteiger partial charge in [0.25, 0.3) is 0 Å². The predicted molar refractivity (Wildman–Crippen MR) is 86.8 cm³/mol. The van der Waals surface area contributed by atoms with Gasteiger partial charge in [0.2, 0.25) is 0 Å². The Morgan fingerprint density at radius 1 is 1.00 bits per heavy atom. The van der Waals surface area contributed by atoms with Gasteiger partial charge in [-0.3, -0.25) is 0 Å². The molecular weight excluding hydrogens is 314 g/mol. The van der Waals surface area contributed by atoms with E-state index in [1.165, 1.54) is 6.33 Å². The van der Waals surface area contributed by atoms with E-state index in [9.17, 15) is 10.2 Å². The number of hydrogen-bond donors (Lipinski definition) is 2. The van der Waals surface area contributed by atoms with Crippen LogP contribution in [0.4, 0.5) is 0 Å². The van der Waals surface area contributed by atoms with Gasteiger partial charge in [-0.25, -0.2) is 9.67 Å². The van der Waals surface area contributed by atoms with Crippen molar-refractivity contribution in [3.63, 3.8) is 0 Å². The van der Waals surface area contributed by atoms with Gasteiger partial charge in [-0.1, -0.05) is 48.0 Å². The molecule has 0 fully saturated rings. The van der Waals surface area contributed by atoms with E-state index in [1.807, 2.05) is 0 Å². The molecule has 0 saturated heterocycles. The largest absolute Gasteiger partial charge is 0.392 e. The number of aromatic nitrogens is 3. The van der Waals surface area contributed by atoms with E-state index in [0.29, 0.717) is 16.1 Å². The molecule has 1 heterocycles. The molecule has 6 heteroatoms. The Morgan fingerprint density at radius 2 is 1.61 bits per heavy atom. The van der Waals surface area contributed by atoms with Crippen LogP contribution in [0, 0.1) is 0 Å². The first-order chi connectivity index (χ1) is 11.1. The minimum Gasteiger partial charge on any atom is -0.392 e. The van der Waals surface area contributed by atoms with E-state index in [4.69, 9.17) is 11.6 Å². The topological polar surface area (TPSA) is 71.2 Å². The highest BCUT2D eigenvalue weighted by Gasteiger charge is 2.32. The third-order valence-corrected chi connectivity index (χ3v) is 4.05. The van der Waals surface area contributed by atoms with Gasteiger partial charge >= 0.3 is 0 Å². The van der Waals surface area contributed by atoms with Crippen LogP contribution in [0.1, 0.15) is 16.7 Å². The standard InChI is InChI=1S/C17H16ClN3O2/c18-16-7-5-15(6-8-16)17(23,10-21-12-19-11-20-21)14-3-1-13(9-22)2-4-14/h1-8,11-12,22-23H,9-10H2. The fourth-order valence-electron chi connectivity index (χ4n) is 2.51. The molecule has 0 aliphatic rings. The lowest BCUT2D eigenvalue weighted by Gasteiger charge is -2.29. The Bertz CT molecular complexity index is 758. The van der Waals surface area contributed by atoms with Crippen molar-refractivity contribution in [2.75, 3.05) is 0 Å². The summed E-state index contributed by atoms with van der Waals surface area (Å²) in [5.74, 6) is 0. The molecular formula is C17H16ClN3O2.